The van der Waals surface area contributed by atoms with Crippen molar-refractivity contribution in [2.75, 3.05) is 18.0 Å². The van der Waals surface area contributed by atoms with E-state index in [0.29, 0.717) is 24.0 Å². The number of piperidine rings is 1. The van der Waals surface area contributed by atoms with E-state index in [1.54, 1.807) is 11.6 Å². The van der Waals surface area contributed by atoms with E-state index >= 15 is 0 Å². The second-order valence-electron chi connectivity index (χ2n) is 8.70. The van der Waals surface area contributed by atoms with E-state index in [0.717, 1.165) is 40.6 Å². The minimum atomic E-state index is -0.487. The first kappa shape index (κ1) is 21.9. The van der Waals surface area contributed by atoms with E-state index < -0.39 is 11.2 Å². The molecule has 4 heterocycles. The second-order valence-corrected chi connectivity index (χ2v) is 8.70. The van der Waals surface area contributed by atoms with Crippen LogP contribution in [-0.2, 0) is 20.1 Å². The molecule has 10 nitrogen and oxygen atoms in total. The number of anilines is 1. The summed E-state index contributed by atoms with van der Waals surface area (Å²) < 4.78 is 4.23. The molecule has 1 saturated heterocycles. The quantitative estimate of drug-likeness (QED) is 0.449. The van der Waals surface area contributed by atoms with Crippen molar-refractivity contribution in [2.45, 2.75) is 38.9 Å². The molecule has 1 fully saturated rings. The van der Waals surface area contributed by atoms with Gasteiger partial charge in [-0.2, -0.15) is 4.98 Å². The molecule has 10 heteroatoms. The van der Waals surface area contributed by atoms with Gasteiger partial charge < -0.3 is 10.6 Å². The summed E-state index contributed by atoms with van der Waals surface area (Å²) in [4.78, 5) is 42.7. The first-order valence-corrected chi connectivity index (χ1v) is 11.3. The van der Waals surface area contributed by atoms with Crippen LogP contribution in [0.2, 0.25) is 0 Å². The maximum Gasteiger partial charge on any atom is 0.332 e. The first-order chi connectivity index (χ1) is 16.4. The van der Waals surface area contributed by atoms with E-state index in [1.165, 1.54) is 4.57 Å². The van der Waals surface area contributed by atoms with Crippen LogP contribution in [0.3, 0.4) is 0 Å². The maximum atomic E-state index is 13.6. The number of nitrogens with two attached hydrogens (primary N) is 1. The fourth-order valence-corrected chi connectivity index (χ4v) is 4.68. The topological polar surface area (TPSA) is 117 Å². The Morgan fingerprint density at radius 2 is 1.97 bits per heavy atom. The third-order valence-corrected chi connectivity index (χ3v) is 6.34. The van der Waals surface area contributed by atoms with Crippen molar-refractivity contribution in [3.8, 4) is 12.3 Å². The Kier molecular flexibility index (Phi) is 5.42. The Hall–Kier alpha value is -3.97. The van der Waals surface area contributed by atoms with Gasteiger partial charge in [0.1, 0.15) is 5.82 Å². The molecule has 1 aliphatic rings. The first-order valence-electron chi connectivity index (χ1n) is 11.3. The fraction of sp³-hybridized carbons (Fsp3) is 0.375. The molecule has 0 spiro atoms. The van der Waals surface area contributed by atoms with Crippen molar-refractivity contribution >= 4 is 28.0 Å². The Bertz CT molecular complexity index is 1570. The molecule has 1 aliphatic heterocycles. The summed E-state index contributed by atoms with van der Waals surface area (Å²) in [5, 5.41) is 0.929. The average molecular weight is 459 g/mol. The second kappa shape index (κ2) is 8.43. The molecule has 0 unspecified atom stereocenters. The van der Waals surface area contributed by atoms with Crippen molar-refractivity contribution in [3.05, 3.63) is 56.6 Å². The molecule has 2 N–H and O–H groups in total. The molecule has 0 amide bonds. The van der Waals surface area contributed by atoms with Crippen LogP contribution in [0.5, 0.6) is 0 Å². The minimum Gasteiger partial charge on any atom is -0.341 e. The van der Waals surface area contributed by atoms with Crippen molar-refractivity contribution < 1.29 is 0 Å². The maximum absolute atomic E-state index is 13.6. The highest BCUT2D eigenvalue weighted by atomic mass is 16.2. The van der Waals surface area contributed by atoms with Crippen LogP contribution in [0.4, 0.5) is 5.95 Å². The van der Waals surface area contributed by atoms with Crippen LogP contribution in [0.1, 0.15) is 24.4 Å². The molecular formula is C24H26N8O2. The van der Waals surface area contributed by atoms with Crippen LogP contribution < -0.4 is 21.9 Å². The number of hydrogen-bond donors (Lipinski definition) is 1. The summed E-state index contributed by atoms with van der Waals surface area (Å²) in [5.41, 5.74) is 7.34. The molecule has 0 radical (unpaired) electrons. The van der Waals surface area contributed by atoms with Gasteiger partial charge in [-0.15, -0.1) is 6.42 Å². The number of nitrogens with zero attached hydrogens (tertiary/aromatic N) is 7. The summed E-state index contributed by atoms with van der Waals surface area (Å²) in [6.45, 7) is 3.35. The summed E-state index contributed by atoms with van der Waals surface area (Å²) in [5.74, 6) is 3.57. The molecule has 4 aromatic rings. The summed E-state index contributed by atoms with van der Waals surface area (Å²) in [7, 11) is 1.60. The van der Waals surface area contributed by atoms with Crippen LogP contribution in [0.15, 0.2) is 33.9 Å². The fourth-order valence-electron chi connectivity index (χ4n) is 4.68. The number of aromatic nitrogens is 6. The number of terminal acetylenes is 1. The van der Waals surface area contributed by atoms with Gasteiger partial charge in [0.25, 0.3) is 5.56 Å². The van der Waals surface area contributed by atoms with Gasteiger partial charge in [-0.1, -0.05) is 24.1 Å². The molecule has 3 aromatic heterocycles. The number of fused-ring (bicyclic) bond motifs is 2. The largest absolute Gasteiger partial charge is 0.341 e. The van der Waals surface area contributed by atoms with Crippen molar-refractivity contribution in [1.82, 2.24) is 28.7 Å². The normalized spacial score (nSPS) is 16.3. The minimum absolute atomic E-state index is 0.0154. The molecule has 174 valence electrons. The van der Waals surface area contributed by atoms with Gasteiger partial charge in [-0.05, 0) is 25.8 Å². The number of hydrogen-bond acceptors (Lipinski definition) is 7. The molecule has 0 saturated carbocycles. The van der Waals surface area contributed by atoms with Gasteiger partial charge >= 0.3 is 5.69 Å². The standard InChI is InChI=1S/C24H26N8O2/c1-4-11-31-20-21(28-23(31)30-12-7-8-16(25)13-30)29(3)24(34)32(22(20)33)14-19-26-15(2)17-9-5-6-10-18(17)27-19/h1,5-6,9-10,16H,7-8,11-14,25H2,2-3H3/t16-/m0/s1. The molecule has 0 bridgehead atoms. The zero-order valence-electron chi connectivity index (χ0n) is 19.2. The average Bonchev–Trinajstić information content (AvgIpc) is 3.20. The number of rotatable bonds is 4. The monoisotopic (exact) mass is 458 g/mol. The Labute approximate surface area is 195 Å². The summed E-state index contributed by atoms with van der Waals surface area (Å²) in [6, 6.07) is 7.66. The van der Waals surface area contributed by atoms with Gasteiger partial charge in [0.15, 0.2) is 11.2 Å². The predicted molar refractivity (Wildman–Crippen MR) is 131 cm³/mol. The smallest absolute Gasteiger partial charge is 0.332 e. The number of benzene rings is 1. The van der Waals surface area contributed by atoms with Gasteiger partial charge in [0, 0.05) is 37.3 Å². The van der Waals surface area contributed by atoms with Crippen molar-refractivity contribution in [2.24, 2.45) is 12.8 Å². The molecule has 0 aliphatic carbocycles. The van der Waals surface area contributed by atoms with Crippen molar-refractivity contribution in [1.29, 1.82) is 0 Å². The van der Waals surface area contributed by atoms with Crippen LogP contribution >= 0.6 is 0 Å². The van der Waals surface area contributed by atoms with Crippen LogP contribution in [-0.4, -0.2) is 47.8 Å². The zero-order valence-corrected chi connectivity index (χ0v) is 19.2. The lowest BCUT2D eigenvalue weighted by atomic mass is 10.1. The SMILES string of the molecule is C#CCn1c(N2CCC[C@H](N)C2)nc2c1c(=O)n(Cc1nc(C)c3ccccc3n1)c(=O)n2C. The summed E-state index contributed by atoms with van der Waals surface area (Å²) in [6.07, 6.45) is 7.50. The van der Waals surface area contributed by atoms with E-state index in [2.05, 4.69) is 20.9 Å². The van der Waals surface area contributed by atoms with Gasteiger partial charge in [-0.3, -0.25) is 18.5 Å². The van der Waals surface area contributed by atoms with Crippen LogP contribution in [0.25, 0.3) is 22.1 Å². The van der Waals surface area contributed by atoms with Gasteiger partial charge in [0.05, 0.1) is 18.6 Å². The third-order valence-electron chi connectivity index (χ3n) is 6.34. The molecular weight excluding hydrogens is 432 g/mol. The number of aryl methyl sites for hydroxylation is 2. The summed E-state index contributed by atoms with van der Waals surface area (Å²) >= 11 is 0. The highest BCUT2D eigenvalue weighted by Crippen LogP contribution is 2.23. The lowest BCUT2D eigenvalue weighted by molar-refractivity contribution is 0.496. The van der Waals surface area contributed by atoms with E-state index in [9.17, 15) is 9.59 Å². The highest BCUT2D eigenvalue weighted by molar-refractivity contribution is 5.80. The van der Waals surface area contributed by atoms with E-state index in [-0.39, 0.29) is 24.6 Å². The zero-order chi connectivity index (χ0) is 24.0. The van der Waals surface area contributed by atoms with E-state index in [1.807, 2.05) is 36.1 Å². The van der Waals surface area contributed by atoms with E-state index in [4.69, 9.17) is 12.2 Å². The Morgan fingerprint density at radius 3 is 2.74 bits per heavy atom. The van der Waals surface area contributed by atoms with Gasteiger partial charge in [0.2, 0.25) is 5.95 Å². The number of imidazole rings is 1. The number of para-hydroxylation sites is 1. The molecule has 5 rings (SSSR count). The van der Waals surface area contributed by atoms with Crippen LogP contribution in [0, 0.1) is 19.3 Å². The van der Waals surface area contributed by atoms with Crippen molar-refractivity contribution in [3.63, 3.8) is 0 Å². The predicted octanol–water partition coefficient (Wildman–Crippen LogP) is 0.757. The lowest BCUT2D eigenvalue weighted by Gasteiger charge is -2.31. The third kappa shape index (κ3) is 3.54. The lowest BCUT2D eigenvalue weighted by Crippen LogP contribution is -2.44. The van der Waals surface area contributed by atoms with Gasteiger partial charge in [-0.25, -0.2) is 14.8 Å². The Balaban J connectivity index is 1.68. The molecule has 34 heavy (non-hydrogen) atoms. The molecule has 1 atom stereocenters. The molecule has 1 aromatic carbocycles. The Morgan fingerprint density at radius 1 is 1.18 bits per heavy atom. The highest BCUT2D eigenvalue weighted by Gasteiger charge is 2.26.